The molecule has 4 nitrogen and oxygen atoms in total. The molecule has 1 aliphatic rings. The summed E-state index contributed by atoms with van der Waals surface area (Å²) in [7, 11) is 0. The van der Waals surface area contributed by atoms with E-state index >= 15 is 0 Å². The van der Waals surface area contributed by atoms with Crippen molar-refractivity contribution in [3.8, 4) is 0 Å². The predicted molar refractivity (Wildman–Crippen MR) is 75.1 cm³/mol. The van der Waals surface area contributed by atoms with Gasteiger partial charge in [0.1, 0.15) is 0 Å². The van der Waals surface area contributed by atoms with Gasteiger partial charge in [-0.25, -0.2) is 4.98 Å². The van der Waals surface area contributed by atoms with Crippen molar-refractivity contribution in [3.05, 3.63) is 23.5 Å². The number of fused-ring (bicyclic) bond motifs is 1. The van der Waals surface area contributed by atoms with E-state index in [4.69, 9.17) is 0 Å². The molecule has 3 heterocycles. The first-order chi connectivity index (χ1) is 8.92. The summed E-state index contributed by atoms with van der Waals surface area (Å²) in [4.78, 5) is 8.21. The Bertz CT molecular complexity index is 455. The third kappa shape index (κ3) is 2.91. The Labute approximate surface area is 112 Å². The van der Waals surface area contributed by atoms with E-state index in [0.29, 0.717) is 0 Å². The Morgan fingerprint density at radius 3 is 3.00 bits per heavy atom. The minimum atomic E-state index is 0.877. The molecule has 18 heavy (non-hydrogen) atoms. The van der Waals surface area contributed by atoms with Crippen molar-refractivity contribution in [2.45, 2.75) is 25.8 Å². The summed E-state index contributed by atoms with van der Waals surface area (Å²) in [6.07, 6.45) is 8.33. The average molecular weight is 264 g/mol. The summed E-state index contributed by atoms with van der Waals surface area (Å²) in [5.74, 6) is 0. The highest BCUT2D eigenvalue weighted by Gasteiger charge is 2.09. The molecule has 2 aromatic heterocycles. The zero-order valence-electron chi connectivity index (χ0n) is 10.6. The Hall–Kier alpha value is -0.910. The lowest BCUT2D eigenvalue weighted by Gasteiger charge is -2.26. The van der Waals surface area contributed by atoms with Crippen LogP contribution in [0.5, 0.6) is 0 Å². The van der Waals surface area contributed by atoms with E-state index in [1.165, 1.54) is 38.9 Å². The Morgan fingerprint density at radius 1 is 1.28 bits per heavy atom. The smallest absolute Gasteiger partial charge is 0.193 e. The van der Waals surface area contributed by atoms with Crippen molar-refractivity contribution in [1.29, 1.82) is 0 Å². The predicted octanol–water partition coefficient (Wildman–Crippen LogP) is 1.97. The van der Waals surface area contributed by atoms with Crippen molar-refractivity contribution < 1.29 is 0 Å². The molecule has 1 saturated heterocycles. The zero-order valence-corrected chi connectivity index (χ0v) is 11.5. The standard InChI is InChI=1S/C13H20N4S/c1-2-5-16(6-3-1)7-4-14-10-12-11-17-8-9-18-13(17)15-12/h8-9,11,14H,1-7,10H2. The molecule has 0 saturated carbocycles. The van der Waals surface area contributed by atoms with Crippen LogP contribution in [0.25, 0.3) is 4.96 Å². The molecular formula is C13H20N4S. The normalized spacial score (nSPS) is 17.6. The molecule has 0 aromatic carbocycles. The summed E-state index contributed by atoms with van der Waals surface area (Å²) in [6.45, 7) is 5.67. The number of nitrogens with one attached hydrogen (secondary N) is 1. The first kappa shape index (κ1) is 12.1. The molecule has 2 aromatic rings. The van der Waals surface area contributed by atoms with Crippen LogP contribution in [0.3, 0.4) is 0 Å². The topological polar surface area (TPSA) is 32.6 Å². The summed E-state index contributed by atoms with van der Waals surface area (Å²) in [6, 6.07) is 0. The molecule has 1 aliphatic heterocycles. The van der Waals surface area contributed by atoms with Crippen molar-refractivity contribution in [2.24, 2.45) is 0 Å². The molecule has 98 valence electrons. The van der Waals surface area contributed by atoms with Gasteiger partial charge in [-0.05, 0) is 25.9 Å². The van der Waals surface area contributed by atoms with Crippen LogP contribution in [-0.4, -0.2) is 40.5 Å². The monoisotopic (exact) mass is 264 g/mol. The first-order valence-electron chi connectivity index (χ1n) is 6.76. The van der Waals surface area contributed by atoms with Gasteiger partial charge in [0.2, 0.25) is 0 Å². The highest BCUT2D eigenvalue weighted by atomic mass is 32.1. The van der Waals surface area contributed by atoms with E-state index in [1.54, 1.807) is 11.3 Å². The number of rotatable bonds is 5. The highest BCUT2D eigenvalue weighted by molar-refractivity contribution is 7.15. The second-order valence-electron chi connectivity index (χ2n) is 4.90. The summed E-state index contributed by atoms with van der Waals surface area (Å²) in [5.41, 5.74) is 1.14. The lowest BCUT2D eigenvalue weighted by atomic mass is 10.1. The second kappa shape index (κ2) is 5.82. The molecule has 0 spiro atoms. The molecule has 0 atom stereocenters. The number of aromatic nitrogens is 2. The van der Waals surface area contributed by atoms with Gasteiger partial charge in [-0.3, -0.25) is 4.40 Å². The Kier molecular flexibility index (Phi) is 3.93. The fourth-order valence-electron chi connectivity index (χ4n) is 2.50. The zero-order chi connectivity index (χ0) is 12.2. The van der Waals surface area contributed by atoms with E-state index in [-0.39, 0.29) is 0 Å². The van der Waals surface area contributed by atoms with E-state index in [9.17, 15) is 0 Å². The number of thiazole rings is 1. The summed E-state index contributed by atoms with van der Waals surface area (Å²) < 4.78 is 2.09. The summed E-state index contributed by atoms with van der Waals surface area (Å²) >= 11 is 1.69. The van der Waals surface area contributed by atoms with E-state index in [1.807, 2.05) is 0 Å². The molecule has 3 rings (SSSR count). The fourth-order valence-corrected chi connectivity index (χ4v) is 3.22. The Morgan fingerprint density at radius 2 is 2.17 bits per heavy atom. The van der Waals surface area contributed by atoms with Crippen LogP contribution < -0.4 is 5.32 Å². The van der Waals surface area contributed by atoms with Gasteiger partial charge in [0.25, 0.3) is 0 Å². The van der Waals surface area contributed by atoms with Gasteiger partial charge < -0.3 is 10.2 Å². The molecule has 1 fully saturated rings. The van der Waals surface area contributed by atoms with Crippen molar-refractivity contribution in [3.63, 3.8) is 0 Å². The van der Waals surface area contributed by atoms with Gasteiger partial charge in [0.15, 0.2) is 4.96 Å². The maximum Gasteiger partial charge on any atom is 0.193 e. The molecular weight excluding hydrogens is 244 g/mol. The van der Waals surface area contributed by atoms with Crippen molar-refractivity contribution >= 4 is 16.3 Å². The number of piperidine rings is 1. The average Bonchev–Trinajstić information content (AvgIpc) is 2.96. The molecule has 0 bridgehead atoms. The lowest BCUT2D eigenvalue weighted by Crippen LogP contribution is -2.35. The van der Waals surface area contributed by atoms with E-state index in [2.05, 4.69) is 37.4 Å². The number of hydrogen-bond acceptors (Lipinski definition) is 4. The largest absolute Gasteiger partial charge is 0.310 e. The number of nitrogens with zero attached hydrogens (tertiary/aromatic N) is 3. The van der Waals surface area contributed by atoms with Crippen LogP contribution in [0.15, 0.2) is 17.8 Å². The third-order valence-electron chi connectivity index (χ3n) is 3.50. The van der Waals surface area contributed by atoms with Crippen LogP contribution in [0.4, 0.5) is 0 Å². The fraction of sp³-hybridized carbons (Fsp3) is 0.615. The van der Waals surface area contributed by atoms with Crippen LogP contribution in [-0.2, 0) is 6.54 Å². The van der Waals surface area contributed by atoms with Gasteiger partial charge in [-0.1, -0.05) is 6.42 Å². The van der Waals surface area contributed by atoms with Gasteiger partial charge >= 0.3 is 0 Å². The van der Waals surface area contributed by atoms with Crippen LogP contribution >= 0.6 is 11.3 Å². The highest BCUT2D eigenvalue weighted by Crippen LogP contribution is 2.11. The van der Waals surface area contributed by atoms with Crippen LogP contribution in [0.1, 0.15) is 25.0 Å². The SMILES string of the molecule is c1cn2cc(CNCCN3CCCCC3)nc2s1. The minimum absolute atomic E-state index is 0.877. The number of likely N-dealkylation sites (tertiary alicyclic amines) is 1. The van der Waals surface area contributed by atoms with Gasteiger partial charge in [-0.2, -0.15) is 0 Å². The van der Waals surface area contributed by atoms with E-state index < -0.39 is 0 Å². The molecule has 1 N–H and O–H groups in total. The first-order valence-corrected chi connectivity index (χ1v) is 7.64. The van der Waals surface area contributed by atoms with Crippen molar-refractivity contribution in [1.82, 2.24) is 19.6 Å². The molecule has 0 amide bonds. The maximum atomic E-state index is 4.56. The number of hydrogen-bond donors (Lipinski definition) is 1. The number of imidazole rings is 1. The molecule has 0 aliphatic carbocycles. The molecule has 0 radical (unpaired) electrons. The van der Waals surface area contributed by atoms with E-state index in [0.717, 1.165) is 23.7 Å². The quantitative estimate of drug-likeness (QED) is 0.838. The van der Waals surface area contributed by atoms with Crippen molar-refractivity contribution in [2.75, 3.05) is 26.2 Å². The van der Waals surface area contributed by atoms with Crippen LogP contribution in [0, 0.1) is 0 Å². The lowest BCUT2D eigenvalue weighted by molar-refractivity contribution is 0.229. The molecule has 0 unspecified atom stereocenters. The van der Waals surface area contributed by atoms with Gasteiger partial charge in [0.05, 0.1) is 5.69 Å². The minimum Gasteiger partial charge on any atom is -0.310 e. The summed E-state index contributed by atoms with van der Waals surface area (Å²) in [5, 5.41) is 5.55. The maximum absolute atomic E-state index is 4.56. The third-order valence-corrected chi connectivity index (χ3v) is 4.27. The van der Waals surface area contributed by atoms with Crippen LogP contribution in [0.2, 0.25) is 0 Å². The Balaban J connectivity index is 1.40. The van der Waals surface area contributed by atoms with Gasteiger partial charge in [0, 0.05) is 37.4 Å². The van der Waals surface area contributed by atoms with Gasteiger partial charge in [-0.15, -0.1) is 11.3 Å². The molecule has 5 heteroatoms. The second-order valence-corrected chi connectivity index (χ2v) is 5.78.